The van der Waals surface area contributed by atoms with Crippen molar-refractivity contribution in [1.82, 2.24) is 15.5 Å². The number of piperidine rings is 1. The highest BCUT2D eigenvalue weighted by Crippen LogP contribution is 2.24. The van der Waals surface area contributed by atoms with Crippen molar-refractivity contribution in [2.24, 2.45) is 5.92 Å². The van der Waals surface area contributed by atoms with Crippen LogP contribution in [0.2, 0.25) is 0 Å². The highest BCUT2D eigenvalue weighted by atomic mass is 16.5. The summed E-state index contributed by atoms with van der Waals surface area (Å²) in [5, 5.41) is 5.84. The Bertz CT molecular complexity index is 984. The Morgan fingerprint density at radius 1 is 0.971 bits per heavy atom. The van der Waals surface area contributed by atoms with E-state index >= 15 is 0 Å². The molecule has 0 aromatic heterocycles. The Labute approximate surface area is 200 Å². The van der Waals surface area contributed by atoms with Gasteiger partial charge in [-0.1, -0.05) is 13.0 Å². The number of methoxy groups -OCH3 is 2. The first-order valence-electron chi connectivity index (χ1n) is 11.6. The van der Waals surface area contributed by atoms with Crippen LogP contribution in [-0.2, 0) is 4.79 Å². The Hall–Kier alpha value is -3.55. The van der Waals surface area contributed by atoms with Crippen LogP contribution in [0.15, 0.2) is 48.5 Å². The van der Waals surface area contributed by atoms with E-state index in [-0.39, 0.29) is 23.6 Å². The number of carbonyl (C=O) groups is 3. The van der Waals surface area contributed by atoms with E-state index in [2.05, 4.69) is 10.6 Å². The molecule has 2 aromatic carbocycles. The standard InChI is InChI=1S/C26H33N3O5/c1-4-14-27-25(31)23(28-24(30)20-6-5-7-22(17-20)34-3)18-12-15-29(16-13-18)26(32)19-8-10-21(33-2)11-9-19/h5-11,17-18,23H,4,12-16H2,1-3H3,(H,27,31)(H,28,30)/t23-/m1/s1. The number of nitrogens with zero attached hydrogens (tertiary/aromatic N) is 1. The summed E-state index contributed by atoms with van der Waals surface area (Å²) in [5.41, 5.74) is 1.03. The highest BCUT2D eigenvalue weighted by molar-refractivity contribution is 5.98. The molecule has 34 heavy (non-hydrogen) atoms. The van der Waals surface area contributed by atoms with E-state index in [1.807, 2.05) is 6.92 Å². The summed E-state index contributed by atoms with van der Waals surface area (Å²) < 4.78 is 10.4. The largest absolute Gasteiger partial charge is 0.497 e. The second-order valence-corrected chi connectivity index (χ2v) is 8.33. The van der Waals surface area contributed by atoms with Crippen LogP contribution >= 0.6 is 0 Å². The molecule has 1 heterocycles. The summed E-state index contributed by atoms with van der Waals surface area (Å²) in [4.78, 5) is 40.6. The summed E-state index contributed by atoms with van der Waals surface area (Å²) in [6.45, 7) is 3.55. The van der Waals surface area contributed by atoms with Crippen molar-refractivity contribution in [2.45, 2.75) is 32.2 Å². The zero-order valence-corrected chi connectivity index (χ0v) is 20.0. The van der Waals surface area contributed by atoms with Crippen LogP contribution in [0.1, 0.15) is 46.9 Å². The summed E-state index contributed by atoms with van der Waals surface area (Å²) in [6, 6.07) is 13.2. The third-order valence-electron chi connectivity index (χ3n) is 6.09. The van der Waals surface area contributed by atoms with Crippen molar-refractivity contribution in [1.29, 1.82) is 0 Å². The third-order valence-corrected chi connectivity index (χ3v) is 6.09. The molecule has 182 valence electrons. The molecule has 1 fully saturated rings. The van der Waals surface area contributed by atoms with Gasteiger partial charge in [0.1, 0.15) is 17.5 Å². The fourth-order valence-electron chi connectivity index (χ4n) is 4.10. The molecule has 1 atom stereocenters. The van der Waals surface area contributed by atoms with E-state index in [9.17, 15) is 14.4 Å². The summed E-state index contributed by atoms with van der Waals surface area (Å²) in [5.74, 6) is 0.623. The molecule has 1 aliphatic heterocycles. The summed E-state index contributed by atoms with van der Waals surface area (Å²) >= 11 is 0. The third kappa shape index (κ3) is 6.27. The maximum atomic E-state index is 12.9. The molecule has 0 spiro atoms. The summed E-state index contributed by atoms with van der Waals surface area (Å²) in [6.07, 6.45) is 2.03. The lowest BCUT2D eigenvalue weighted by Gasteiger charge is -2.36. The first-order chi connectivity index (χ1) is 16.5. The van der Waals surface area contributed by atoms with E-state index in [4.69, 9.17) is 9.47 Å². The van der Waals surface area contributed by atoms with Crippen molar-refractivity contribution in [3.05, 3.63) is 59.7 Å². The van der Waals surface area contributed by atoms with Crippen molar-refractivity contribution in [3.8, 4) is 11.5 Å². The minimum Gasteiger partial charge on any atom is -0.497 e. The van der Waals surface area contributed by atoms with Gasteiger partial charge in [0.05, 0.1) is 14.2 Å². The van der Waals surface area contributed by atoms with E-state index < -0.39 is 6.04 Å². The molecule has 1 aliphatic rings. The molecule has 2 aromatic rings. The molecule has 3 rings (SSSR count). The molecule has 0 radical (unpaired) electrons. The van der Waals surface area contributed by atoms with Gasteiger partial charge in [-0.2, -0.15) is 0 Å². The average molecular weight is 468 g/mol. The Balaban J connectivity index is 1.67. The molecule has 8 heteroatoms. The first kappa shape index (κ1) is 25.1. The highest BCUT2D eigenvalue weighted by Gasteiger charge is 2.34. The number of rotatable bonds is 9. The monoisotopic (exact) mass is 467 g/mol. The minimum atomic E-state index is -0.677. The SMILES string of the molecule is CCCNC(=O)[C@H](NC(=O)c1cccc(OC)c1)C1CCN(C(=O)c2ccc(OC)cc2)CC1. The molecule has 0 bridgehead atoms. The number of likely N-dealkylation sites (tertiary alicyclic amines) is 1. The van der Waals surface area contributed by atoms with Crippen molar-refractivity contribution in [2.75, 3.05) is 33.9 Å². The molecule has 0 aliphatic carbocycles. The molecule has 2 N–H and O–H groups in total. The maximum Gasteiger partial charge on any atom is 0.253 e. The van der Waals surface area contributed by atoms with Crippen LogP contribution in [0, 0.1) is 5.92 Å². The van der Waals surface area contributed by atoms with Gasteiger partial charge in [0.25, 0.3) is 11.8 Å². The quantitative estimate of drug-likeness (QED) is 0.591. The lowest BCUT2D eigenvalue weighted by Crippen LogP contribution is -2.54. The van der Waals surface area contributed by atoms with Gasteiger partial charge in [-0.15, -0.1) is 0 Å². The van der Waals surface area contributed by atoms with Gasteiger partial charge in [-0.3, -0.25) is 14.4 Å². The Kier molecular flexibility index (Phi) is 8.90. The molecule has 8 nitrogen and oxygen atoms in total. The van der Waals surface area contributed by atoms with Crippen LogP contribution in [0.25, 0.3) is 0 Å². The minimum absolute atomic E-state index is 0.0477. The molecule has 1 saturated heterocycles. The number of ether oxygens (including phenoxy) is 2. The number of nitrogens with one attached hydrogen (secondary N) is 2. The second-order valence-electron chi connectivity index (χ2n) is 8.33. The van der Waals surface area contributed by atoms with Gasteiger partial charge in [-0.25, -0.2) is 0 Å². The molecular weight excluding hydrogens is 434 g/mol. The average Bonchev–Trinajstić information content (AvgIpc) is 2.90. The number of benzene rings is 2. The molecule has 0 saturated carbocycles. The smallest absolute Gasteiger partial charge is 0.253 e. The number of hydrogen-bond acceptors (Lipinski definition) is 5. The normalized spacial score (nSPS) is 14.7. The van der Waals surface area contributed by atoms with E-state index in [1.165, 1.54) is 0 Å². The molecule has 0 unspecified atom stereocenters. The van der Waals surface area contributed by atoms with Crippen molar-refractivity contribution >= 4 is 17.7 Å². The van der Waals surface area contributed by atoms with Crippen molar-refractivity contribution in [3.63, 3.8) is 0 Å². The Morgan fingerprint density at radius 2 is 1.65 bits per heavy atom. The number of carbonyl (C=O) groups excluding carboxylic acids is 3. The lowest BCUT2D eigenvalue weighted by atomic mass is 9.88. The van der Waals surface area contributed by atoms with Gasteiger partial charge >= 0.3 is 0 Å². The topological polar surface area (TPSA) is 97.0 Å². The maximum absolute atomic E-state index is 12.9. The van der Waals surface area contributed by atoms with Gasteiger partial charge in [0.15, 0.2) is 0 Å². The van der Waals surface area contributed by atoms with Crippen LogP contribution in [-0.4, -0.2) is 62.5 Å². The second kappa shape index (κ2) is 12.1. The lowest BCUT2D eigenvalue weighted by molar-refractivity contribution is -0.124. The fraction of sp³-hybridized carbons (Fsp3) is 0.423. The predicted molar refractivity (Wildman–Crippen MR) is 129 cm³/mol. The van der Waals surface area contributed by atoms with Gasteiger partial charge in [-0.05, 0) is 67.6 Å². The number of hydrogen-bond donors (Lipinski definition) is 2. The first-order valence-corrected chi connectivity index (χ1v) is 11.6. The Morgan fingerprint density at radius 3 is 2.26 bits per heavy atom. The molecular formula is C26H33N3O5. The zero-order chi connectivity index (χ0) is 24.5. The summed E-state index contributed by atoms with van der Waals surface area (Å²) in [7, 11) is 3.13. The number of amides is 3. The fourth-order valence-corrected chi connectivity index (χ4v) is 4.10. The van der Waals surface area contributed by atoms with Crippen LogP contribution < -0.4 is 20.1 Å². The van der Waals surface area contributed by atoms with Gasteiger partial charge in [0.2, 0.25) is 5.91 Å². The predicted octanol–water partition coefficient (Wildman–Crippen LogP) is 2.88. The van der Waals surface area contributed by atoms with Gasteiger partial charge in [0, 0.05) is 30.8 Å². The van der Waals surface area contributed by atoms with Crippen molar-refractivity contribution < 1.29 is 23.9 Å². The van der Waals surface area contributed by atoms with Crippen LogP contribution in [0.5, 0.6) is 11.5 Å². The molecule has 3 amide bonds. The van der Waals surface area contributed by atoms with Gasteiger partial charge < -0.3 is 25.0 Å². The van der Waals surface area contributed by atoms with E-state index in [0.29, 0.717) is 55.1 Å². The van der Waals surface area contributed by atoms with Crippen LogP contribution in [0.3, 0.4) is 0 Å². The van der Waals surface area contributed by atoms with Crippen LogP contribution in [0.4, 0.5) is 0 Å². The zero-order valence-electron chi connectivity index (χ0n) is 20.0. The van der Waals surface area contributed by atoms with E-state index in [1.54, 1.807) is 67.7 Å². The van der Waals surface area contributed by atoms with E-state index in [0.717, 1.165) is 6.42 Å².